The number of methoxy groups -OCH3 is 1. The Morgan fingerprint density at radius 2 is 1.80 bits per heavy atom. The van der Waals surface area contributed by atoms with E-state index in [4.69, 9.17) is 18.9 Å². The van der Waals surface area contributed by atoms with Crippen molar-refractivity contribution in [3.63, 3.8) is 0 Å². The monoisotopic (exact) mass is 474 g/mol. The third-order valence-electron chi connectivity index (χ3n) is 6.76. The maximum absolute atomic E-state index is 13.4. The molecule has 35 heavy (non-hydrogen) atoms. The Bertz CT molecular complexity index is 1290. The molecule has 2 aromatic rings. The van der Waals surface area contributed by atoms with Gasteiger partial charge in [0, 0.05) is 31.1 Å². The maximum Gasteiger partial charge on any atom is 0.340 e. The summed E-state index contributed by atoms with van der Waals surface area (Å²) in [6.07, 6.45) is 1.32. The predicted molar refractivity (Wildman–Crippen MR) is 127 cm³/mol. The number of fused-ring (bicyclic) bond motifs is 3. The summed E-state index contributed by atoms with van der Waals surface area (Å²) in [5.74, 6) is -2.20. The molecule has 7 nitrogen and oxygen atoms in total. The van der Waals surface area contributed by atoms with E-state index >= 15 is 0 Å². The highest BCUT2D eigenvalue weighted by molar-refractivity contribution is 5.93. The van der Waals surface area contributed by atoms with Gasteiger partial charge in [-0.15, -0.1) is 0 Å². The van der Waals surface area contributed by atoms with E-state index in [1.807, 2.05) is 49.4 Å². The standard InChI is InChI=1S/C28H26O7/c1-15-10-21-13-20(27(30)33-21)14-23-24(16(2)26(29)34-23)22(11-15)35-28(31)25(32-3)19-9-8-17-6-4-5-7-18(17)12-19/h4-9,11-13,21-25H,2,10,14H2,1,3H3/b15-11+/t21-,22-,23+,24+,25-/m1/s1. The SMILES string of the molecule is C=C1C(=O)O[C@H]2CC3=C[C@@H](C/C(C)=C/[C@@H](OC(=O)[C@H](OC)c4ccc5ccccc5c4)[C@H]12)OC3=O. The van der Waals surface area contributed by atoms with Gasteiger partial charge >= 0.3 is 17.9 Å². The van der Waals surface area contributed by atoms with E-state index in [1.54, 1.807) is 12.2 Å². The zero-order valence-electron chi connectivity index (χ0n) is 19.6. The van der Waals surface area contributed by atoms with Gasteiger partial charge in [0.1, 0.15) is 18.3 Å². The molecule has 0 amide bonds. The molecule has 0 N–H and O–H groups in total. The highest BCUT2D eigenvalue weighted by Crippen LogP contribution is 2.39. The summed E-state index contributed by atoms with van der Waals surface area (Å²) < 4.78 is 22.5. The first kappa shape index (κ1) is 23.1. The van der Waals surface area contributed by atoms with Gasteiger partial charge in [0.15, 0.2) is 6.10 Å². The van der Waals surface area contributed by atoms with E-state index in [-0.39, 0.29) is 12.0 Å². The van der Waals surface area contributed by atoms with E-state index in [0.717, 1.165) is 16.3 Å². The lowest BCUT2D eigenvalue weighted by Gasteiger charge is -2.27. The average molecular weight is 475 g/mol. The van der Waals surface area contributed by atoms with Gasteiger partial charge in [-0.05, 0) is 41.5 Å². The third kappa shape index (κ3) is 4.39. The van der Waals surface area contributed by atoms with Gasteiger partial charge in [0.25, 0.3) is 0 Å². The van der Waals surface area contributed by atoms with Crippen LogP contribution in [0.1, 0.15) is 31.4 Å². The lowest BCUT2D eigenvalue weighted by Crippen LogP contribution is -2.34. The number of esters is 3. The average Bonchev–Trinajstić information content (AvgIpc) is 3.30. The molecule has 3 aliphatic rings. The Balaban J connectivity index is 1.46. The lowest BCUT2D eigenvalue weighted by atomic mass is 9.85. The van der Waals surface area contributed by atoms with Crippen molar-refractivity contribution >= 4 is 28.7 Å². The van der Waals surface area contributed by atoms with E-state index in [1.165, 1.54) is 7.11 Å². The van der Waals surface area contributed by atoms with E-state index in [0.29, 0.717) is 17.6 Å². The molecule has 0 spiro atoms. The Kier molecular flexibility index (Phi) is 6.03. The summed E-state index contributed by atoms with van der Waals surface area (Å²) in [4.78, 5) is 38.1. The van der Waals surface area contributed by atoms with Crippen molar-refractivity contribution in [2.24, 2.45) is 5.92 Å². The number of hydrogen-bond donors (Lipinski definition) is 0. The molecule has 5 rings (SSSR count). The Hall–Kier alpha value is -3.71. The zero-order chi connectivity index (χ0) is 24.7. The number of carbonyl (C=O) groups excluding carboxylic acids is 3. The number of carbonyl (C=O) groups is 3. The van der Waals surface area contributed by atoms with Gasteiger partial charge in [-0.2, -0.15) is 0 Å². The minimum absolute atomic E-state index is 0.171. The second kappa shape index (κ2) is 9.15. The molecule has 1 fully saturated rings. The van der Waals surface area contributed by atoms with Crippen LogP contribution < -0.4 is 0 Å². The van der Waals surface area contributed by atoms with Gasteiger partial charge in [0.05, 0.1) is 5.92 Å². The summed E-state index contributed by atoms with van der Waals surface area (Å²) in [6.45, 7) is 5.77. The van der Waals surface area contributed by atoms with Crippen LogP contribution >= 0.6 is 0 Å². The molecule has 1 saturated heterocycles. The number of hydrogen-bond acceptors (Lipinski definition) is 7. The molecule has 2 bridgehead atoms. The fourth-order valence-electron chi connectivity index (χ4n) is 5.05. The van der Waals surface area contributed by atoms with Crippen molar-refractivity contribution in [1.82, 2.24) is 0 Å². The van der Waals surface area contributed by atoms with Crippen LogP contribution in [0.3, 0.4) is 0 Å². The molecule has 0 unspecified atom stereocenters. The molecule has 2 aromatic carbocycles. The van der Waals surface area contributed by atoms with Crippen molar-refractivity contribution in [1.29, 1.82) is 0 Å². The van der Waals surface area contributed by atoms with Crippen LogP contribution in [0.4, 0.5) is 0 Å². The lowest BCUT2D eigenvalue weighted by molar-refractivity contribution is -0.162. The van der Waals surface area contributed by atoms with Crippen molar-refractivity contribution in [3.05, 3.63) is 83.5 Å². The number of benzene rings is 2. The summed E-state index contributed by atoms with van der Waals surface area (Å²) >= 11 is 0. The Morgan fingerprint density at radius 1 is 1.03 bits per heavy atom. The van der Waals surface area contributed by atoms with Gasteiger partial charge in [0.2, 0.25) is 0 Å². The van der Waals surface area contributed by atoms with Crippen molar-refractivity contribution in [2.75, 3.05) is 7.11 Å². The summed E-state index contributed by atoms with van der Waals surface area (Å²) in [6, 6.07) is 13.5. The van der Waals surface area contributed by atoms with Gasteiger partial charge < -0.3 is 18.9 Å². The molecular weight excluding hydrogens is 448 g/mol. The van der Waals surface area contributed by atoms with Crippen molar-refractivity contribution < 1.29 is 33.3 Å². The van der Waals surface area contributed by atoms with Crippen molar-refractivity contribution in [3.8, 4) is 0 Å². The topological polar surface area (TPSA) is 88.1 Å². The molecule has 5 atom stereocenters. The van der Waals surface area contributed by atoms with Crippen LogP contribution in [0.25, 0.3) is 10.8 Å². The quantitative estimate of drug-likeness (QED) is 0.285. The smallest absolute Gasteiger partial charge is 0.340 e. The normalized spacial score (nSPS) is 28.3. The fraction of sp³-hybridized carbons (Fsp3) is 0.321. The molecule has 2 heterocycles. The zero-order valence-corrected chi connectivity index (χ0v) is 19.6. The molecule has 0 aromatic heterocycles. The first-order chi connectivity index (χ1) is 16.8. The van der Waals surface area contributed by atoms with Crippen LogP contribution in [-0.2, 0) is 33.3 Å². The molecule has 0 saturated carbocycles. The Labute approximate surface area is 203 Å². The summed E-state index contributed by atoms with van der Waals surface area (Å²) in [7, 11) is 1.45. The third-order valence-corrected chi connectivity index (χ3v) is 6.76. The molecular formula is C28H26O7. The number of ether oxygens (including phenoxy) is 4. The van der Waals surface area contributed by atoms with E-state index in [9.17, 15) is 14.4 Å². The second-order valence-electron chi connectivity index (χ2n) is 9.18. The molecule has 1 aliphatic carbocycles. The van der Waals surface area contributed by atoms with Gasteiger partial charge in [-0.25, -0.2) is 14.4 Å². The van der Waals surface area contributed by atoms with E-state index < -0.39 is 48.2 Å². The number of rotatable bonds is 4. The molecule has 0 radical (unpaired) electrons. The van der Waals surface area contributed by atoms with Crippen LogP contribution in [0.2, 0.25) is 0 Å². The highest BCUT2D eigenvalue weighted by atomic mass is 16.6. The van der Waals surface area contributed by atoms with Crippen LogP contribution in [0, 0.1) is 5.92 Å². The van der Waals surface area contributed by atoms with Gasteiger partial charge in [-0.3, -0.25) is 0 Å². The first-order valence-electron chi connectivity index (χ1n) is 11.5. The summed E-state index contributed by atoms with van der Waals surface area (Å²) in [5.41, 5.74) is 2.18. The van der Waals surface area contributed by atoms with Crippen LogP contribution in [-0.4, -0.2) is 43.3 Å². The van der Waals surface area contributed by atoms with Crippen LogP contribution in [0.15, 0.2) is 77.9 Å². The molecule has 7 heteroatoms. The minimum Gasteiger partial charge on any atom is -0.458 e. The predicted octanol–water partition coefficient (Wildman–Crippen LogP) is 4.13. The molecule has 2 aliphatic heterocycles. The first-order valence-corrected chi connectivity index (χ1v) is 11.5. The molecule has 180 valence electrons. The van der Waals surface area contributed by atoms with E-state index in [2.05, 4.69) is 6.58 Å². The fourth-order valence-corrected chi connectivity index (χ4v) is 5.05. The van der Waals surface area contributed by atoms with Crippen molar-refractivity contribution in [2.45, 2.75) is 44.2 Å². The second-order valence-corrected chi connectivity index (χ2v) is 9.18. The minimum atomic E-state index is -0.961. The summed E-state index contributed by atoms with van der Waals surface area (Å²) in [5, 5.41) is 2.03. The Morgan fingerprint density at radius 3 is 2.57 bits per heavy atom. The highest BCUT2D eigenvalue weighted by Gasteiger charge is 2.47. The van der Waals surface area contributed by atoms with Gasteiger partial charge in [-0.1, -0.05) is 48.6 Å². The maximum atomic E-state index is 13.4. The largest absolute Gasteiger partial charge is 0.458 e. The van der Waals surface area contributed by atoms with Crippen LogP contribution in [0.5, 0.6) is 0 Å².